The van der Waals surface area contributed by atoms with Crippen molar-refractivity contribution in [3.05, 3.63) is 62.0 Å². The van der Waals surface area contributed by atoms with Crippen molar-refractivity contribution in [1.29, 1.82) is 0 Å². The molecule has 2 rings (SSSR count). The monoisotopic (exact) mass is 315 g/mol. The van der Waals surface area contributed by atoms with E-state index in [0.29, 0.717) is 5.56 Å². The van der Waals surface area contributed by atoms with Crippen LogP contribution in [0.1, 0.15) is 5.56 Å². The predicted octanol–water partition coefficient (Wildman–Crippen LogP) is 4.05. The summed E-state index contributed by atoms with van der Waals surface area (Å²) in [6.45, 7) is 0.218. The zero-order chi connectivity index (χ0) is 14.7. The van der Waals surface area contributed by atoms with Gasteiger partial charge in [-0.1, -0.05) is 29.3 Å². The number of nitrogens with one attached hydrogen (secondary N) is 1. The first-order valence-electron chi connectivity index (χ1n) is 5.45. The summed E-state index contributed by atoms with van der Waals surface area (Å²) in [6.07, 6.45) is 1.30. The number of anilines is 1. The molecule has 0 saturated heterocycles. The third kappa shape index (κ3) is 3.34. The molecule has 0 aliphatic carbocycles. The van der Waals surface area contributed by atoms with E-state index in [1.165, 1.54) is 30.5 Å². The second kappa shape index (κ2) is 6.02. The molecule has 0 spiro atoms. The number of hydrogen-bond donors (Lipinski definition) is 1. The summed E-state index contributed by atoms with van der Waals surface area (Å²) in [5.74, 6) is -0.439. The van der Waals surface area contributed by atoms with E-state index in [9.17, 15) is 14.5 Å². The van der Waals surface area contributed by atoms with Gasteiger partial charge in [0.15, 0.2) is 0 Å². The van der Waals surface area contributed by atoms with Gasteiger partial charge in [0.2, 0.25) is 5.82 Å². The van der Waals surface area contributed by atoms with Crippen molar-refractivity contribution < 1.29 is 9.31 Å². The van der Waals surface area contributed by atoms with Gasteiger partial charge in [-0.25, -0.2) is 9.37 Å². The fourth-order valence-electron chi connectivity index (χ4n) is 1.54. The minimum atomic E-state index is -0.584. The summed E-state index contributed by atoms with van der Waals surface area (Å²) < 4.78 is 13.0. The Morgan fingerprint density at radius 2 is 2.10 bits per heavy atom. The van der Waals surface area contributed by atoms with Crippen LogP contribution in [0.3, 0.4) is 0 Å². The van der Waals surface area contributed by atoms with E-state index in [4.69, 9.17) is 23.2 Å². The molecule has 5 nitrogen and oxygen atoms in total. The third-order valence-corrected chi connectivity index (χ3v) is 2.97. The molecule has 1 N–H and O–H groups in total. The van der Waals surface area contributed by atoms with Gasteiger partial charge in [0, 0.05) is 18.8 Å². The minimum absolute atomic E-state index is 0.0112. The van der Waals surface area contributed by atoms with Gasteiger partial charge in [0.05, 0.1) is 15.0 Å². The van der Waals surface area contributed by atoms with E-state index >= 15 is 0 Å². The van der Waals surface area contributed by atoms with Crippen molar-refractivity contribution in [2.75, 3.05) is 5.32 Å². The molecule has 1 heterocycles. The first kappa shape index (κ1) is 14.5. The number of nitro groups is 1. The van der Waals surface area contributed by atoms with Crippen molar-refractivity contribution >= 4 is 34.7 Å². The van der Waals surface area contributed by atoms with Gasteiger partial charge in [-0.3, -0.25) is 10.1 Å². The van der Waals surface area contributed by atoms with E-state index in [1.807, 2.05) is 0 Å². The highest BCUT2D eigenvalue weighted by atomic mass is 35.5. The Labute approximate surface area is 123 Å². The van der Waals surface area contributed by atoms with Crippen LogP contribution in [-0.2, 0) is 6.54 Å². The summed E-state index contributed by atoms with van der Waals surface area (Å²) in [5, 5.41) is 13.8. The Bertz CT molecular complexity index is 667. The molecule has 8 heteroatoms. The van der Waals surface area contributed by atoms with Crippen LogP contribution in [0.2, 0.25) is 10.0 Å². The molecule has 0 radical (unpaired) electrons. The number of benzene rings is 1. The smallest absolute Gasteiger partial charge is 0.312 e. The summed E-state index contributed by atoms with van der Waals surface area (Å²) >= 11 is 11.3. The Balaban J connectivity index is 2.18. The second-order valence-corrected chi connectivity index (χ2v) is 4.72. The van der Waals surface area contributed by atoms with Gasteiger partial charge in [-0.05, 0) is 17.7 Å². The van der Waals surface area contributed by atoms with Crippen LogP contribution in [0, 0.1) is 15.9 Å². The molecule has 0 atom stereocenters. The molecular formula is C12H8Cl2FN3O2. The zero-order valence-electron chi connectivity index (χ0n) is 9.94. The lowest BCUT2D eigenvalue weighted by Gasteiger charge is -2.07. The molecule has 1 aromatic carbocycles. The molecule has 0 aliphatic rings. The van der Waals surface area contributed by atoms with Crippen LogP contribution in [0.5, 0.6) is 0 Å². The van der Waals surface area contributed by atoms with Crippen LogP contribution >= 0.6 is 23.2 Å². The molecule has 104 valence electrons. The molecule has 0 unspecified atom stereocenters. The Kier molecular flexibility index (Phi) is 4.36. The SMILES string of the molecule is O=[N+]([O-])c1cc(Cl)cnc1NCc1ccc(F)c(Cl)c1. The van der Waals surface area contributed by atoms with Crippen LogP contribution in [0.25, 0.3) is 0 Å². The van der Waals surface area contributed by atoms with Crippen LogP contribution in [0.4, 0.5) is 15.9 Å². The lowest BCUT2D eigenvalue weighted by atomic mass is 10.2. The largest absolute Gasteiger partial charge is 0.360 e. The Morgan fingerprint density at radius 1 is 1.35 bits per heavy atom. The third-order valence-electron chi connectivity index (χ3n) is 2.47. The average Bonchev–Trinajstić information content (AvgIpc) is 2.41. The van der Waals surface area contributed by atoms with E-state index in [0.717, 1.165) is 0 Å². The zero-order valence-corrected chi connectivity index (χ0v) is 11.5. The minimum Gasteiger partial charge on any atom is -0.360 e. The summed E-state index contributed by atoms with van der Waals surface area (Å²) in [7, 11) is 0. The highest BCUT2D eigenvalue weighted by Crippen LogP contribution is 2.25. The fraction of sp³-hybridized carbons (Fsp3) is 0.0833. The van der Waals surface area contributed by atoms with Crippen molar-refractivity contribution in [3.8, 4) is 0 Å². The van der Waals surface area contributed by atoms with E-state index < -0.39 is 10.7 Å². The van der Waals surface area contributed by atoms with Crippen molar-refractivity contribution in [3.63, 3.8) is 0 Å². The first-order valence-corrected chi connectivity index (χ1v) is 6.20. The molecular weight excluding hydrogens is 308 g/mol. The fourth-order valence-corrected chi connectivity index (χ4v) is 1.89. The Morgan fingerprint density at radius 3 is 2.75 bits per heavy atom. The summed E-state index contributed by atoms with van der Waals surface area (Å²) in [5.41, 5.74) is 0.438. The van der Waals surface area contributed by atoms with Gasteiger partial charge in [0.1, 0.15) is 5.82 Å². The first-order chi connectivity index (χ1) is 9.47. The Hall–Kier alpha value is -1.92. The van der Waals surface area contributed by atoms with Crippen molar-refractivity contribution in [1.82, 2.24) is 4.98 Å². The maximum Gasteiger partial charge on any atom is 0.312 e. The standard InChI is InChI=1S/C12H8Cl2FN3O2/c13-8-4-11(18(19)20)12(17-6-8)16-5-7-1-2-10(15)9(14)3-7/h1-4,6H,5H2,(H,16,17). The topological polar surface area (TPSA) is 68.1 Å². The second-order valence-electron chi connectivity index (χ2n) is 3.88. The highest BCUT2D eigenvalue weighted by Gasteiger charge is 2.15. The normalized spacial score (nSPS) is 10.3. The number of rotatable bonds is 4. The van der Waals surface area contributed by atoms with Gasteiger partial charge < -0.3 is 5.32 Å². The lowest BCUT2D eigenvalue weighted by molar-refractivity contribution is -0.384. The maximum absolute atomic E-state index is 13.0. The summed E-state index contributed by atoms with van der Waals surface area (Å²) in [4.78, 5) is 14.2. The highest BCUT2D eigenvalue weighted by molar-refractivity contribution is 6.31. The number of aromatic nitrogens is 1. The van der Waals surface area contributed by atoms with Gasteiger partial charge in [-0.15, -0.1) is 0 Å². The number of pyridine rings is 1. The average molecular weight is 316 g/mol. The molecule has 2 aromatic rings. The van der Waals surface area contributed by atoms with Gasteiger partial charge in [0.25, 0.3) is 0 Å². The number of halogens is 3. The van der Waals surface area contributed by atoms with Crippen LogP contribution < -0.4 is 5.32 Å². The van der Waals surface area contributed by atoms with Gasteiger partial charge >= 0.3 is 5.69 Å². The van der Waals surface area contributed by atoms with Crippen LogP contribution in [0.15, 0.2) is 30.5 Å². The van der Waals surface area contributed by atoms with E-state index in [1.54, 1.807) is 0 Å². The van der Waals surface area contributed by atoms with Crippen molar-refractivity contribution in [2.24, 2.45) is 0 Å². The summed E-state index contributed by atoms with van der Waals surface area (Å²) in [6, 6.07) is 5.39. The predicted molar refractivity (Wildman–Crippen MR) is 74.6 cm³/mol. The molecule has 0 bridgehead atoms. The lowest BCUT2D eigenvalue weighted by Crippen LogP contribution is -2.04. The van der Waals surface area contributed by atoms with Crippen LogP contribution in [-0.4, -0.2) is 9.91 Å². The maximum atomic E-state index is 13.0. The van der Waals surface area contributed by atoms with E-state index in [2.05, 4.69) is 10.3 Å². The van der Waals surface area contributed by atoms with E-state index in [-0.39, 0.29) is 28.1 Å². The van der Waals surface area contributed by atoms with Crippen molar-refractivity contribution in [2.45, 2.75) is 6.54 Å². The molecule has 0 amide bonds. The molecule has 0 saturated carbocycles. The molecule has 20 heavy (non-hydrogen) atoms. The van der Waals surface area contributed by atoms with Gasteiger partial charge in [-0.2, -0.15) is 0 Å². The number of hydrogen-bond acceptors (Lipinski definition) is 4. The quantitative estimate of drug-likeness (QED) is 0.682. The number of nitrogens with zero attached hydrogens (tertiary/aromatic N) is 2. The molecule has 0 aliphatic heterocycles. The molecule has 1 aromatic heterocycles. The molecule has 0 fully saturated rings.